The summed E-state index contributed by atoms with van der Waals surface area (Å²) in [6, 6.07) is 12.0. The van der Waals surface area contributed by atoms with E-state index in [4.69, 9.17) is 17.0 Å². The number of hydrogen-bond donors (Lipinski definition) is 1. The van der Waals surface area contributed by atoms with Gasteiger partial charge in [0.25, 0.3) is 11.8 Å². The molecule has 0 atom stereocenters. The maximum atomic E-state index is 12.6. The number of amides is 2. The summed E-state index contributed by atoms with van der Waals surface area (Å²) < 4.78 is 6.05. The molecule has 148 valence electrons. The number of nitrogens with zero attached hydrogens (tertiary/aromatic N) is 1. The van der Waals surface area contributed by atoms with Gasteiger partial charge in [0.05, 0.1) is 10.6 Å². The number of thiocarbonyl (C=S) groups is 1. The summed E-state index contributed by atoms with van der Waals surface area (Å²) >= 11 is 6.27. The summed E-state index contributed by atoms with van der Waals surface area (Å²) in [5.41, 5.74) is 5.24. The number of carbonyl (C=O) groups is 2. The van der Waals surface area contributed by atoms with E-state index in [0.29, 0.717) is 21.5 Å². The Morgan fingerprint density at radius 2 is 2.00 bits per heavy atom. The lowest BCUT2D eigenvalue weighted by Gasteiger charge is -2.29. The van der Waals surface area contributed by atoms with Gasteiger partial charge in [-0.1, -0.05) is 48.2 Å². The number of thioether (sulfide) groups is 1. The number of carbonyl (C=O) groups excluding carboxylic acids is 2. The first-order valence-corrected chi connectivity index (χ1v) is 10.5. The first kappa shape index (κ1) is 19.7. The van der Waals surface area contributed by atoms with E-state index in [1.165, 1.54) is 28.5 Å². The lowest BCUT2D eigenvalue weighted by Crippen LogP contribution is -2.40. The molecule has 2 aromatic carbocycles. The van der Waals surface area contributed by atoms with Crippen LogP contribution in [0.25, 0.3) is 6.08 Å². The van der Waals surface area contributed by atoms with Crippen LogP contribution in [0.5, 0.6) is 5.75 Å². The number of benzene rings is 2. The van der Waals surface area contributed by atoms with Crippen molar-refractivity contribution in [1.82, 2.24) is 5.32 Å². The van der Waals surface area contributed by atoms with Crippen LogP contribution in [0.1, 0.15) is 22.3 Å². The standard InChI is InChI=1S/C22H20N2O3S2/c1-13-3-4-15(9-14(13)2)7-8-24-17-10-16(5-6-18(17)27-12-20(24)25)11-19-21(26)23-22(28)29-19/h3-6,9-11H,7-8,12H2,1-2H3,(H,23,26,28)/b19-11-. The number of anilines is 1. The van der Waals surface area contributed by atoms with Gasteiger partial charge in [0.15, 0.2) is 6.61 Å². The predicted octanol–water partition coefficient (Wildman–Crippen LogP) is 3.76. The van der Waals surface area contributed by atoms with Crippen molar-refractivity contribution in [2.24, 2.45) is 0 Å². The molecule has 2 aliphatic rings. The Hall–Kier alpha value is -2.64. The van der Waals surface area contributed by atoms with Crippen molar-refractivity contribution in [3.8, 4) is 5.75 Å². The number of fused-ring (bicyclic) bond motifs is 1. The molecule has 7 heteroatoms. The van der Waals surface area contributed by atoms with E-state index in [2.05, 4.69) is 37.4 Å². The van der Waals surface area contributed by atoms with Crippen LogP contribution in [0.15, 0.2) is 41.3 Å². The molecular weight excluding hydrogens is 404 g/mol. The van der Waals surface area contributed by atoms with Gasteiger partial charge >= 0.3 is 0 Å². The molecule has 1 N–H and O–H groups in total. The van der Waals surface area contributed by atoms with Crippen molar-refractivity contribution in [3.63, 3.8) is 0 Å². The highest BCUT2D eigenvalue weighted by atomic mass is 32.2. The van der Waals surface area contributed by atoms with Crippen LogP contribution in [0.2, 0.25) is 0 Å². The third kappa shape index (κ3) is 4.21. The van der Waals surface area contributed by atoms with E-state index < -0.39 is 0 Å². The third-order valence-corrected chi connectivity index (χ3v) is 6.22. The first-order valence-electron chi connectivity index (χ1n) is 9.29. The Kier molecular flexibility index (Phi) is 5.43. The number of aryl methyl sites for hydroxylation is 2. The summed E-state index contributed by atoms with van der Waals surface area (Å²) in [7, 11) is 0. The summed E-state index contributed by atoms with van der Waals surface area (Å²) in [5, 5.41) is 2.61. The third-order valence-electron chi connectivity index (χ3n) is 5.06. The average Bonchev–Trinajstić information content (AvgIpc) is 3.00. The van der Waals surface area contributed by atoms with Gasteiger partial charge in [0, 0.05) is 6.54 Å². The lowest BCUT2D eigenvalue weighted by atomic mass is 10.0. The highest BCUT2D eigenvalue weighted by Gasteiger charge is 2.26. The van der Waals surface area contributed by atoms with Gasteiger partial charge in [-0.25, -0.2) is 0 Å². The summed E-state index contributed by atoms with van der Waals surface area (Å²) in [6.45, 7) is 4.78. The lowest BCUT2D eigenvalue weighted by molar-refractivity contribution is -0.121. The number of ether oxygens (including phenoxy) is 1. The van der Waals surface area contributed by atoms with Gasteiger partial charge in [-0.05, 0) is 60.7 Å². The Balaban J connectivity index is 1.59. The normalized spacial score (nSPS) is 17.4. The summed E-state index contributed by atoms with van der Waals surface area (Å²) in [5.74, 6) is 0.405. The monoisotopic (exact) mass is 424 g/mol. The molecular formula is C22H20N2O3S2. The van der Waals surface area contributed by atoms with Crippen molar-refractivity contribution in [1.29, 1.82) is 0 Å². The second-order valence-electron chi connectivity index (χ2n) is 7.08. The topological polar surface area (TPSA) is 58.6 Å². The number of hydrogen-bond acceptors (Lipinski definition) is 5. The van der Waals surface area contributed by atoms with Crippen LogP contribution in [0, 0.1) is 13.8 Å². The minimum Gasteiger partial charge on any atom is -0.482 e. The van der Waals surface area contributed by atoms with Gasteiger partial charge in [-0.15, -0.1) is 0 Å². The summed E-state index contributed by atoms with van der Waals surface area (Å²) in [4.78, 5) is 26.8. The van der Waals surface area contributed by atoms with Crippen LogP contribution in [0.4, 0.5) is 5.69 Å². The highest BCUT2D eigenvalue weighted by Crippen LogP contribution is 2.35. The van der Waals surface area contributed by atoms with E-state index in [1.807, 2.05) is 18.2 Å². The molecule has 0 radical (unpaired) electrons. The zero-order valence-electron chi connectivity index (χ0n) is 16.2. The van der Waals surface area contributed by atoms with Crippen molar-refractivity contribution in [3.05, 3.63) is 63.6 Å². The molecule has 0 bridgehead atoms. The second kappa shape index (κ2) is 8.00. The Morgan fingerprint density at radius 3 is 2.72 bits per heavy atom. The number of nitrogens with one attached hydrogen (secondary N) is 1. The van der Waals surface area contributed by atoms with Crippen LogP contribution in [-0.4, -0.2) is 29.3 Å². The van der Waals surface area contributed by atoms with E-state index in [1.54, 1.807) is 11.0 Å². The molecule has 2 aromatic rings. The highest BCUT2D eigenvalue weighted by molar-refractivity contribution is 8.26. The van der Waals surface area contributed by atoms with E-state index in [9.17, 15) is 9.59 Å². The van der Waals surface area contributed by atoms with Gasteiger partial charge < -0.3 is 15.0 Å². The Bertz CT molecular complexity index is 1060. The summed E-state index contributed by atoms with van der Waals surface area (Å²) in [6.07, 6.45) is 2.53. The molecule has 2 amide bonds. The zero-order valence-corrected chi connectivity index (χ0v) is 17.8. The van der Waals surface area contributed by atoms with Gasteiger partial charge in [-0.2, -0.15) is 0 Å². The predicted molar refractivity (Wildman–Crippen MR) is 120 cm³/mol. The molecule has 29 heavy (non-hydrogen) atoms. The maximum absolute atomic E-state index is 12.6. The van der Waals surface area contributed by atoms with Gasteiger partial charge in [0.1, 0.15) is 10.1 Å². The van der Waals surface area contributed by atoms with E-state index in [-0.39, 0.29) is 18.4 Å². The minimum absolute atomic E-state index is 0.0346. The fourth-order valence-corrected chi connectivity index (χ4v) is 4.37. The van der Waals surface area contributed by atoms with Crippen LogP contribution in [-0.2, 0) is 16.0 Å². The average molecular weight is 425 g/mol. The van der Waals surface area contributed by atoms with Crippen molar-refractivity contribution in [2.45, 2.75) is 20.3 Å². The quantitative estimate of drug-likeness (QED) is 0.598. The van der Waals surface area contributed by atoms with Crippen molar-refractivity contribution >= 4 is 51.9 Å². The largest absolute Gasteiger partial charge is 0.482 e. The zero-order chi connectivity index (χ0) is 20.5. The van der Waals surface area contributed by atoms with Crippen LogP contribution < -0.4 is 15.0 Å². The second-order valence-corrected chi connectivity index (χ2v) is 8.80. The van der Waals surface area contributed by atoms with E-state index in [0.717, 1.165) is 17.7 Å². The fraction of sp³-hybridized carbons (Fsp3) is 0.227. The van der Waals surface area contributed by atoms with Crippen molar-refractivity contribution < 1.29 is 14.3 Å². The smallest absolute Gasteiger partial charge is 0.265 e. The van der Waals surface area contributed by atoms with Crippen LogP contribution >= 0.6 is 24.0 Å². The van der Waals surface area contributed by atoms with E-state index >= 15 is 0 Å². The molecule has 5 nitrogen and oxygen atoms in total. The molecule has 0 spiro atoms. The molecule has 0 saturated carbocycles. The SMILES string of the molecule is Cc1ccc(CCN2C(=O)COc3ccc(/C=C4\SC(=S)NC4=O)cc32)cc1C. The minimum atomic E-state index is -0.198. The number of rotatable bonds is 4. The molecule has 2 heterocycles. The molecule has 0 aromatic heterocycles. The van der Waals surface area contributed by atoms with Crippen molar-refractivity contribution in [2.75, 3.05) is 18.1 Å². The molecule has 2 aliphatic heterocycles. The molecule has 1 fully saturated rings. The first-order chi connectivity index (χ1) is 13.9. The Labute approximate surface area is 179 Å². The molecule has 0 aliphatic carbocycles. The molecule has 0 unspecified atom stereocenters. The maximum Gasteiger partial charge on any atom is 0.265 e. The van der Waals surface area contributed by atoms with Gasteiger partial charge in [0.2, 0.25) is 0 Å². The molecule has 1 saturated heterocycles. The Morgan fingerprint density at radius 1 is 1.17 bits per heavy atom. The van der Waals surface area contributed by atoms with Gasteiger partial charge in [-0.3, -0.25) is 9.59 Å². The molecule has 4 rings (SSSR count). The fourth-order valence-electron chi connectivity index (χ4n) is 3.33. The van der Waals surface area contributed by atoms with Crippen LogP contribution in [0.3, 0.4) is 0 Å².